The zero-order valence-corrected chi connectivity index (χ0v) is 19.3. The second-order valence-electron chi connectivity index (χ2n) is 9.67. The summed E-state index contributed by atoms with van der Waals surface area (Å²) in [6.45, 7) is 7.22. The number of rotatable bonds is 3. The van der Waals surface area contributed by atoms with Crippen molar-refractivity contribution in [3.63, 3.8) is 0 Å². The largest absolute Gasteiger partial charge is 0.372 e. The molecule has 0 spiro atoms. The highest BCUT2D eigenvalue weighted by Crippen LogP contribution is 2.33. The highest BCUT2D eigenvalue weighted by Gasteiger charge is 2.33. The molecule has 1 aromatic carbocycles. The predicted molar refractivity (Wildman–Crippen MR) is 125 cm³/mol. The maximum absolute atomic E-state index is 13.3. The summed E-state index contributed by atoms with van der Waals surface area (Å²) >= 11 is 0. The number of morpholine rings is 1. The summed E-state index contributed by atoms with van der Waals surface area (Å²) in [7, 11) is 0. The van der Waals surface area contributed by atoms with Gasteiger partial charge in [0.05, 0.1) is 24.4 Å². The molecule has 0 bridgehead atoms. The summed E-state index contributed by atoms with van der Waals surface area (Å²) in [6.07, 6.45) is 6.78. The minimum Gasteiger partial charge on any atom is -0.372 e. The van der Waals surface area contributed by atoms with E-state index >= 15 is 0 Å². The highest BCUT2D eigenvalue weighted by molar-refractivity contribution is 5.79. The molecule has 1 amide bonds. The number of ether oxygens (including phenoxy) is 1. The molecule has 3 aliphatic rings. The van der Waals surface area contributed by atoms with E-state index in [0.717, 1.165) is 67.4 Å². The third-order valence-corrected chi connectivity index (χ3v) is 7.06. The Hall–Kier alpha value is -2.47. The molecule has 0 N–H and O–H groups in total. The van der Waals surface area contributed by atoms with Gasteiger partial charge in [-0.3, -0.25) is 4.79 Å². The molecule has 0 radical (unpaired) electrons. The van der Waals surface area contributed by atoms with Gasteiger partial charge in [-0.15, -0.1) is 0 Å². The van der Waals surface area contributed by atoms with Gasteiger partial charge in [-0.2, -0.15) is 0 Å². The summed E-state index contributed by atoms with van der Waals surface area (Å²) in [4.78, 5) is 27.8. The maximum Gasteiger partial charge on any atom is 0.225 e. The molecule has 2 unspecified atom stereocenters. The first-order chi connectivity index (χ1) is 15.6. The summed E-state index contributed by atoms with van der Waals surface area (Å²) in [5, 5.41) is 0. The lowest BCUT2D eigenvalue weighted by molar-refractivity contribution is -0.137. The normalized spacial score (nSPS) is 24.3. The van der Waals surface area contributed by atoms with Crippen LogP contribution in [0.25, 0.3) is 11.4 Å². The van der Waals surface area contributed by atoms with Crippen molar-refractivity contribution in [2.75, 3.05) is 24.5 Å². The summed E-state index contributed by atoms with van der Waals surface area (Å²) in [5.74, 6) is 2.29. The molecule has 1 saturated heterocycles. The fourth-order valence-electron chi connectivity index (χ4n) is 5.52. The van der Waals surface area contributed by atoms with E-state index in [-0.39, 0.29) is 18.1 Å². The minimum atomic E-state index is 0.146. The van der Waals surface area contributed by atoms with Gasteiger partial charge in [0.25, 0.3) is 0 Å². The third kappa shape index (κ3) is 4.38. The van der Waals surface area contributed by atoms with E-state index in [1.165, 1.54) is 19.3 Å². The summed E-state index contributed by atoms with van der Waals surface area (Å²) in [5.41, 5.74) is 3.25. The lowest BCUT2D eigenvalue weighted by Gasteiger charge is -2.39. The highest BCUT2D eigenvalue weighted by atomic mass is 16.5. The van der Waals surface area contributed by atoms with Crippen molar-refractivity contribution < 1.29 is 9.53 Å². The van der Waals surface area contributed by atoms with Crippen molar-refractivity contribution in [1.29, 1.82) is 0 Å². The molecule has 2 aromatic rings. The van der Waals surface area contributed by atoms with E-state index in [4.69, 9.17) is 14.7 Å². The van der Waals surface area contributed by atoms with Gasteiger partial charge in [0.2, 0.25) is 5.91 Å². The van der Waals surface area contributed by atoms with Gasteiger partial charge in [0, 0.05) is 43.1 Å². The first-order valence-corrected chi connectivity index (χ1v) is 12.2. The Morgan fingerprint density at radius 2 is 1.72 bits per heavy atom. The molecule has 6 heteroatoms. The molecule has 1 aliphatic carbocycles. The zero-order chi connectivity index (χ0) is 22.1. The van der Waals surface area contributed by atoms with Crippen LogP contribution >= 0.6 is 0 Å². The van der Waals surface area contributed by atoms with Gasteiger partial charge in [-0.05, 0) is 26.7 Å². The second-order valence-corrected chi connectivity index (χ2v) is 9.67. The quantitative estimate of drug-likeness (QED) is 0.724. The fourth-order valence-corrected chi connectivity index (χ4v) is 5.52. The van der Waals surface area contributed by atoms with Crippen molar-refractivity contribution in [3.8, 4) is 11.4 Å². The van der Waals surface area contributed by atoms with Crippen LogP contribution < -0.4 is 4.90 Å². The smallest absolute Gasteiger partial charge is 0.225 e. The number of benzene rings is 1. The lowest BCUT2D eigenvalue weighted by Crippen LogP contribution is -2.47. The Labute approximate surface area is 191 Å². The first kappa shape index (κ1) is 21.4. The monoisotopic (exact) mass is 434 g/mol. The molecule has 170 valence electrons. The van der Waals surface area contributed by atoms with Crippen LogP contribution in [0, 0.1) is 5.92 Å². The van der Waals surface area contributed by atoms with Crippen LogP contribution in [-0.4, -0.2) is 52.6 Å². The number of carbonyl (C=O) groups excluding carboxylic acids is 1. The Bertz CT molecular complexity index is 948. The SMILES string of the molecule is CC1CN(c2nc(-c3ccccc3)nc3c2CN(C(=O)C2CCCCC2)CC3)CC(C)O1. The molecule has 1 saturated carbocycles. The van der Waals surface area contributed by atoms with Gasteiger partial charge in [-0.1, -0.05) is 49.6 Å². The average Bonchev–Trinajstić information content (AvgIpc) is 2.83. The van der Waals surface area contributed by atoms with E-state index in [9.17, 15) is 4.79 Å². The van der Waals surface area contributed by atoms with E-state index in [2.05, 4.69) is 35.8 Å². The number of nitrogens with zero attached hydrogens (tertiary/aromatic N) is 4. The van der Waals surface area contributed by atoms with Gasteiger partial charge in [0.1, 0.15) is 5.82 Å². The maximum atomic E-state index is 13.3. The number of hydrogen-bond acceptors (Lipinski definition) is 5. The van der Waals surface area contributed by atoms with E-state index in [1.54, 1.807) is 0 Å². The fraction of sp³-hybridized carbons (Fsp3) is 0.577. The van der Waals surface area contributed by atoms with E-state index in [0.29, 0.717) is 12.5 Å². The van der Waals surface area contributed by atoms with Crippen molar-refractivity contribution >= 4 is 11.7 Å². The molecule has 3 heterocycles. The molecular weight excluding hydrogens is 400 g/mol. The number of carbonyl (C=O) groups is 1. The number of aromatic nitrogens is 2. The first-order valence-electron chi connectivity index (χ1n) is 12.2. The molecule has 2 fully saturated rings. The Morgan fingerprint density at radius 1 is 1.00 bits per heavy atom. The van der Waals surface area contributed by atoms with E-state index < -0.39 is 0 Å². The second kappa shape index (κ2) is 9.18. The number of fused-ring (bicyclic) bond motifs is 1. The predicted octanol–water partition coefficient (Wildman–Crippen LogP) is 4.22. The van der Waals surface area contributed by atoms with Gasteiger partial charge >= 0.3 is 0 Å². The minimum absolute atomic E-state index is 0.146. The van der Waals surface area contributed by atoms with Gasteiger partial charge in [-0.25, -0.2) is 9.97 Å². The molecule has 1 aromatic heterocycles. The topological polar surface area (TPSA) is 58.6 Å². The van der Waals surface area contributed by atoms with Crippen LogP contribution in [0.4, 0.5) is 5.82 Å². The van der Waals surface area contributed by atoms with Crippen molar-refractivity contribution in [2.45, 2.75) is 71.1 Å². The van der Waals surface area contributed by atoms with Crippen molar-refractivity contribution in [3.05, 3.63) is 41.6 Å². The molecule has 5 rings (SSSR count). The standard InChI is InChI=1S/C26H34N4O2/c1-18-15-30(16-19(2)32-18)25-22-17-29(26(31)21-11-7-4-8-12-21)14-13-23(22)27-24(28-25)20-9-5-3-6-10-20/h3,5-6,9-10,18-19,21H,4,7-8,11-17H2,1-2H3. The van der Waals surface area contributed by atoms with Gasteiger partial charge < -0.3 is 14.5 Å². The summed E-state index contributed by atoms with van der Waals surface area (Å²) in [6, 6.07) is 10.2. The van der Waals surface area contributed by atoms with Gasteiger partial charge in [0.15, 0.2) is 5.82 Å². The molecule has 2 aliphatic heterocycles. The Balaban J connectivity index is 1.50. The van der Waals surface area contributed by atoms with Crippen LogP contribution in [0.15, 0.2) is 30.3 Å². The molecular formula is C26H34N4O2. The van der Waals surface area contributed by atoms with Crippen molar-refractivity contribution in [1.82, 2.24) is 14.9 Å². The van der Waals surface area contributed by atoms with E-state index in [1.807, 2.05) is 18.2 Å². The molecule has 2 atom stereocenters. The lowest BCUT2D eigenvalue weighted by atomic mass is 9.87. The molecule has 6 nitrogen and oxygen atoms in total. The average molecular weight is 435 g/mol. The third-order valence-electron chi connectivity index (χ3n) is 7.06. The number of hydrogen-bond donors (Lipinski definition) is 0. The number of amides is 1. The summed E-state index contributed by atoms with van der Waals surface area (Å²) < 4.78 is 5.99. The Morgan fingerprint density at radius 3 is 2.44 bits per heavy atom. The molecule has 32 heavy (non-hydrogen) atoms. The zero-order valence-electron chi connectivity index (χ0n) is 19.3. The van der Waals surface area contributed by atoms with Crippen LogP contribution in [-0.2, 0) is 22.5 Å². The Kier molecular flexibility index (Phi) is 6.13. The van der Waals surface area contributed by atoms with Crippen LogP contribution in [0.5, 0.6) is 0 Å². The van der Waals surface area contributed by atoms with Crippen LogP contribution in [0.2, 0.25) is 0 Å². The van der Waals surface area contributed by atoms with Crippen molar-refractivity contribution in [2.24, 2.45) is 5.92 Å². The number of anilines is 1. The van der Waals surface area contributed by atoms with Crippen LogP contribution in [0.1, 0.15) is 57.2 Å². The van der Waals surface area contributed by atoms with Crippen LogP contribution in [0.3, 0.4) is 0 Å².